The van der Waals surface area contributed by atoms with Crippen molar-refractivity contribution in [2.45, 2.75) is 96.6 Å². The second-order valence-electron chi connectivity index (χ2n) is 6.83. The van der Waals surface area contributed by atoms with Gasteiger partial charge in [0.1, 0.15) is 0 Å². The quantitative estimate of drug-likeness (QED) is 0.700. The van der Waals surface area contributed by atoms with Crippen LogP contribution in [0, 0.1) is 11.8 Å². The summed E-state index contributed by atoms with van der Waals surface area (Å²) in [6, 6.07) is 1.58. The SMILES string of the molecule is CCC1CCCC(N[C@H](C)C2CCCCC2)CC1. The van der Waals surface area contributed by atoms with E-state index in [2.05, 4.69) is 19.2 Å². The Bertz CT molecular complexity index is 220. The number of hydrogen-bond donors (Lipinski definition) is 1. The topological polar surface area (TPSA) is 12.0 Å². The van der Waals surface area contributed by atoms with Crippen LogP contribution in [0.2, 0.25) is 0 Å². The van der Waals surface area contributed by atoms with E-state index in [-0.39, 0.29) is 0 Å². The Morgan fingerprint density at radius 3 is 2.39 bits per heavy atom. The molecule has 2 unspecified atom stereocenters. The fraction of sp³-hybridized carbons (Fsp3) is 1.00. The molecule has 106 valence electrons. The van der Waals surface area contributed by atoms with E-state index in [4.69, 9.17) is 0 Å². The summed E-state index contributed by atoms with van der Waals surface area (Å²) in [6.07, 6.45) is 16.0. The molecule has 2 aliphatic rings. The molecular weight excluding hydrogens is 218 g/mol. The summed E-state index contributed by atoms with van der Waals surface area (Å²) in [5, 5.41) is 3.97. The van der Waals surface area contributed by atoms with Gasteiger partial charge in [-0.25, -0.2) is 0 Å². The van der Waals surface area contributed by atoms with E-state index in [0.29, 0.717) is 0 Å². The lowest BCUT2D eigenvalue weighted by Gasteiger charge is -2.31. The van der Waals surface area contributed by atoms with Gasteiger partial charge in [0.2, 0.25) is 0 Å². The Labute approximate surface area is 114 Å². The zero-order chi connectivity index (χ0) is 12.8. The summed E-state index contributed by atoms with van der Waals surface area (Å²) in [5.41, 5.74) is 0. The Kier molecular flexibility index (Phi) is 6.01. The lowest BCUT2D eigenvalue weighted by atomic mass is 9.84. The zero-order valence-electron chi connectivity index (χ0n) is 12.6. The van der Waals surface area contributed by atoms with E-state index in [1.54, 1.807) is 0 Å². The smallest absolute Gasteiger partial charge is 0.00697 e. The van der Waals surface area contributed by atoms with Gasteiger partial charge in [0.25, 0.3) is 0 Å². The van der Waals surface area contributed by atoms with E-state index in [0.717, 1.165) is 23.9 Å². The summed E-state index contributed by atoms with van der Waals surface area (Å²) >= 11 is 0. The number of nitrogens with one attached hydrogen (secondary N) is 1. The van der Waals surface area contributed by atoms with Gasteiger partial charge in [0.15, 0.2) is 0 Å². The molecule has 3 atom stereocenters. The highest BCUT2D eigenvalue weighted by Crippen LogP contribution is 2.29. The van der Waals surface area contributed by atoms with Gasteiger partial charge in [-0.05, 0) is 50.9 Å². The van der Waals surface area contributed by atoms with Gasteiger partial charge in [0, 0.05) is 12.1 Å². The minimum Gasteiger partial charge on any atom is -0.311 e. The highest BCUT2D eigenvalue weighted by atomic mass is 14.9. The summed E-state index contributed by atoms with van der Waals surface area (Å²) in [7, 11) is 0. The first-order valence-electron chi connectivity index (χ1n) is 8.55. The molecule has 0 aliphatic heterocycles. The van der Waals surface area contributed by atoms with Gasteiger partial charge in [0.05, 0.1) is 0 Å². The van der Waals surface area contributed by atoms with Crippen LogP contribution in [0.4, 0.5) is 0 Å². The fourth-order valence-electron chi connectivity index (χ4n) is 4.10. The number of hydrogen-bond acceptors (Lipinski definition) is 1. The Balaban J connectivity index is 1.74. The van der Waals surface area contributed by atoms with Crippen LogP contribution < -0.4 is 5.32 Å². The molecule has 1 nitrogen and oxygen atoms in total. The van der Waals surface area contributed by atoms with Crippen molar-refractivity contribution in [1.29, 1.82) is 0 Å². The maximum Gasteiger partial charge on any atom is 0.00697 e. The summed E-state index contributed by atoms with van der Waals surface area (Å²) in [5.74, 6) is 1.98. The van der Waals surface area contributed by atoms with Crippen LogP contribution in [0.15, 0.2) is 0 Å². The third kappa shape index (κ3) is 4.26. The maximum absolute atomic E-state index is 3.97. The van der Waals surface area contributed by atoms with Crippen molar-refractivity contribution >= 4 is 0 Å². The van der Waals surface area contributed by atoms with E-state index in [1.807, 2.05) is 0 Å². The van der Waals surface area contributed by atoms with E-state index < -0.39 is 0 Å². The number of rotatable bonds is 4. The molecule has 1 N–H and O–H groups in total. The van der Waals surface area contributed by atoms with E-state index >= 15 is 0 Å². The highest BCUT2D eigenvalue weighted by molar-refractivity contribution is 4.81. The molecule has 0 heterocycles. The van der Waals surface area contributed by atoms with Crippen molar-refractivity contribution in [3.05, 3.63) is 0 Å². The van der Waals surface area contributed by atoms with Crippen LogP contribution in [-0.4, -0.2) is 12.1 Å². The summed E-state index contributed by atoms with van der Waals surface area (Å²) in [6.45, 7) is 4.81. The molecule has 0 saturated heterocycles. The molecule has 0 radical (unpaired) electrons. The Morgan fingerprint density at radius 1 is 0.889 bits per heavy atom. The lowest BCUT2D eigenvalue weighted by Crippen LogP contribution is -2.41. The van der Waals surface area contributed by atoms with Crippen molar-refractivity contribution in [3.63, 3.8) is 0 Å². The van der Waals surface area contributed by atoms with Crippen LogP contribution >= 0.6 is 0 Å². The first-order valence-corrected chi connectivity index (χ1v) is 8.55. The first kappa shape index (κ1) is 14.4. The average Bonchev–Trinajstić information content (AvgIpc) is 2.65. The van der Waals surface area contributed by atoms with Gasteiger partial charge < -0.3 is 5.32 Å². The molecule has 0 aromatic rings. The predicted molar refractivity (Wildman–Crippen MR) is 79.8 cm³/mol. The molecule has 0 amide bonds. The zero-order valence-corrected chi connectivity index (χ0v) is 12.6. The van der Waals surface area contributed by atoms with Gasteiger partial charge >= 0.3 is 0 Å². The molecule has 0 aromatic carbocycles. The first-order chi connectivity index (χ1) is 8.79. The average molecular weight is 251 g/mol. The lowest BCUT2D eigenvalue weighted by molar-refractivity contribution is 0.256. The summed E-state index contributed by atoms with van der Waals surface area (Å²) in [4.78, 5) is 0. The normalized spacial score (nSPS) is 33.0. The van der Waals surface area contributed by atoms with Crippen molar-refractivity contribution in [1.82, 2.24) is 5.32 Å². The monoisotopic (exact) mass is 251 g/mol. The molecular formula is C17H33N. The fourth-order valence-corrected chi connectivity index (χ4v) is 4.10. The second kappa shape index (κ2) is 7.53. The van der Waals surface area contributed by atoms with Crippen LogP contribution in [-0.2, 0) is 0 Å². The molecule has 0 bridgehead atoms. The minimum atomic E-state index is 0.758. The predicted octanol–water partition coefficient (Wildman–Crippen LogP) is 4.90. The largest absolute Gasteiger partial charge is 0.311 e. The van der Waals surface area contributed by atoms with Crippen molar-refractivity contribution < 1.29 is 0 Å². The molecule has 2 aliphatic carbocycles. The van der Waals surface area contributed by atoms with Crippen LogP contribution in [0.25, 0.3) is 0 Å². The molecule has 0 spiro atoms. The standard InChI is InChI=1S/C17H33N/c1-3-15-8-7-11-17(13-12-15)18-14(2)16-9-5-4-6-10-16/h14-18H,3-13H2,1-2H3/t14-,15?,17?/m1/s1. The minimum absolute atomic E-state index is 0.758. The molecule has 0 aromatic heterocycles. The van der Waals surface area contributed by atoms with E-state index in [9.17, 15) is 0 Å². The van der Waals surface area contributed by atoms with Crippen molar-refractivity contribution in [3.8, 4) is 0 Å². The Hall–Kier alpha value is -0.0400. The van der Waals surface area contributed by atoms with Gasteiger partial charge in [-0.1, -0.05) is 45.4 Å². The highest BCUT2D eigenvalue weighted by Gasteiger charge is 2.24. The van der Waals surface area contributed by atoms with E-state index in [1.165, 1.54) is 70.6 Å². The van der Waals surface area contributed by atoms with Gasteiger partial charge in [-0.2, -0.15) is 0 Å². The van der Waals surface area contributed by atoms with Gasteiger partial charge in [-0.15, -0.1) is 0 Å². The molecule has 1 heteroatoms. The molecule has 2 saturated carbocycles. The molecule has 2 rings (SSSR count). The van der Waals surface area contributed by atoms with Crippen LogP contribution in [0.1, 0.15) is 84.5 Å². The van der Waals surface area contributed by atoms with Crippen LogP contribution in [0.3, 0.4) is 0 Å². The third-order valence-electron chi connectivity index (χ3n) is 5.52. The van der Waals surface area contributed by atoms with Gasteiger partial charge in [-0.3, -0.25) is 0 Å². The third-order valence-corrected chi connectivity index (χ3v) is 5.52. The van der Waals surface area contributed by atoms with Crippen LogP contribution in [0.5, 0.6) is 0 Å². The molecule has 2 fully saturated rings. The van der Waals surface area contributed by atoms with Crippen molar-refractivity contribution in [2.24, 2.45) is 11.8 Å². The molecule has 18 heavy (non-hydrogen) atoms. The summed E-state index contributed by atoms with van der Waals surface area (Å²) < 4.78 is 0. The second-order valence-corrected chi connectivity index (χ2v) is 6.83. The Morgan fingerprint density at radius 2 is 1.67 bits per heavy atom. The van der Waals surface area contributed by atoms with Crippen molar-refractivity contribution in [2.75, 3.05) is 0 Å². The maximum atomic E-state index is 3.97.